The number of hydrogen-bond acceptors (Lipinski definition) is 4. The molecule has 0 saturated heterocycles. The van der Waals surface area contributed by atoms with E-state index in [9.17, 15) is 4.79 Å². The van der Waals surface area contributed by atoms with E-state index < -0.39 is 0 Å². The molecular formula is C16H16N2O2S. The van der Waals surface area contributed by atoms with E-state index in [1.165, 1.54) is 0 Å². The molecule has 4 nitrogen and oxygen atoms in total. The Hall–Kier alpha value is -2.14. The molecule has 21 heavy (non-hydrogen) atoms. The summed E-state index contributed by atoms with van der Waals surface area (Å²) < 4.78 is 6.74. The number of aromatic nitrogens is 1. The first-order valence-electron chi connectivity index (χ1n) is 6.87. The summed E-state index contributed by atoms with van der Waals surface area (Å²) in [4.78, 5) is 16.5. The van der Waals surface area contributed by atoms with Crippen LogP contribution in [0.4, 0.5) is 0 Å². The quantitative estimate of drug-likeness (QED) is 0.794. The monoisotopic (exact) mass is 300 g/mol. The maximum absolute atomic E-state index is 11.9. The average molecular weight is 300 g/mol. The van der Waals surface area contributed by atoms with Crippen LogP contribution in [0.1, 0.15) is 24.4 Å². The van der Waals surface area contributed by atoms with Gasteiger partial charge in [0.15, 0.2) is 16.5 Å². The number of furan rings is 1. The molecular weight excluding hydrogens is 284 g/mol. The zero-order valence-corrected chi connectivity index (χ0v) is 12.7. The Morgan fingerprint density at radius 3 is 2.86 bits per heavy atom. The molecule has 0 aliphatic carbocycles. The van der Waals surface area contributed by atoms with E-state index in [-0.39, 0.29) is 5.91 Å². The highest BCUT2D eigenvalue weighted by Crippen LogP contribution is 2.31. The van der Waals surface area contributed by atoms with Crippen LogP contribution in [0, 0.1) is 5.92 Å². The Bertz CT molecular complexity index is 740. The Morgan fingerprint density at radius 1 is 1.29 bits per heavy atom. The fraction of sp³-hybridized carbons (Fsp3) is 0.250. The first-order chi connectivity index (χ1) is 10.1. The van der Waals surface area contributed by atoms with Gasteiger partial charge in [0, 0.05) is 6.54 Å². The van der Waals surface area contributed by atoms with Crippen LogP contribution >= 0.6 is 11.3 Å². The van der Waals surface area contributed by atoms with Gasteiger partial charge in [-0.25, -0.2) is 4.98 Å². The summed E-state index contributed by atoms with van der Waals surface area (Å²) in [6, 6.07) is 11.4. The Morgan fingerprint density at radius 2 is 2.10 bits per heavy atom. The third-order valence-electron chi connectivity index (χ3n) is 3.01. The molecule has 1 amide bonds. The lowest BCUT2D eigenvalue weighted by molar-refractivity contribution is 0.0922. The number of hydrogen-bond donors (Lipinski definition) is 1. The largest absolute Gasteiger partial charge is 0.448 e. The highest BCUT2D eigenvalue weighted by Gasteiger charge is 2.14. The van der Waals surface area contributed by atoms with Crippen LogP contribution in [-0.2, 0) is 0 Å². The highest BCUT2D eigenvalue weighted by molar-refractivity contribution is 7.21. The van der Waals surface area contributed by atoms with Crippen molar-refractivity contribution in [3.8, 4) is 10.8 Å². The van der Waals surface area contributed by atoms with Crippen LogP contribution in [0.2, 0.25) is 0 Å². The van der Waals surface area contributed by atoms with Crippen LogP contribution in [-0.4, -0.2) is 17.4 Å². The summed E-state index contributed by atoms with van der Waals surface area (Å²) >= 11 is 1.56. The number of nitrogens with zero attached hydrogens (tertiary/aromatic N) is 1. The summed E-state index contributed by atoms with van der Waals surface area (Å²) in [5.41, 5.74) is 0.944. The van der Waals surface area contributed by atoms with Gasteiger partial charge in [-0.05, 0) is 30.2 Å². The van der Waals surface area contributed by atoms with Gasteiger partial charge < -0.3 is 9.73 Å². The maximum Gasteiger partial charge on any atom is 0.287 e. The Balaban J connectivity index is 1.82. The number of nitrogens with one attached hydrogen (secondary N) is 1. The summed E-state index contributed by atoms with van der Waals surface area (Å²) in [7, 11) is 0. The Labute approximate surface area is 126 Å². The zero-order valence-electron chi connectivity index (χ0n) is 11.9. The molecule has 108 valence electrons. The number of thiazole rings is 1. The van der Waals surface area contributed by atoms with E-state index in [1.54, 1.807) is 23.5 Å². The van der Waals surface area contributed by atoms with Gasteiger partial charge in [-0.2, -0.15) is 0 Å². The minimum atomic E-state index is -0.184. The van der Waals surface area contributed by atoms with E-state index in [1.807, 2.05) is 24.3 Å². The summed E-state index contributed by atoms with van der Waals surface area (Å²) in [5.74, 6) is 1.18. The molecule has 0 unspecified atom stereocenters. The van der Waals surface area contributed by atoms with Gasteiger partial charge in [0.05, 0.1) is 10.2 Å². The van der Waals surface area contributed by atoms with Crippen LogP contribution in [0.25, 0.3) is 21.0 Å². The predicted molar refractivity (Wildman–Crippen MR) is 84.5 cm³/mol. The van der Waals surface area contributed by atoms with Crippen molar-refractivity contribution in [2.24, 2.45) is 5.92 Å². The van der Waals surface area contributed by atoms with Gasteiger partial charge in [0.25, 0.3) is 5.91 Å². The lowest BCUT2D eigenvalue weighted by atomic mass is 10.2. The van der Waals surface area contributed by atoms with E-state index in [0.717, 1.165) is 15.2 Å². The van der Waals surface area contributed by atoms with Crippen LogP contribution in [0.3, 0.4) is 0 Å². The molecule has 0 aliphatic rings. The summed E-state index contributed by atoms with van der Waals surface area (Å²) in [5, 5.41) is 3.63. The number of para-hydroxylation sites is 1. The van der Waals surface area contributed by atoms with Gasteiger partial charge in [0.1, 0.15) is 0 Å². The van der Waals surface area contributed by atoms with Gasteiger partial charge in [-0.15, -0.1) is 11.3 Å². The molecule has 5 heteroatoms. The molecule has 1 N–H and O–H groups in total. The lowest BCUT2D eigenvalue weighted by Gasteiger charge is -2.05. The minimum Gasteiger partial charge on any atom is -0.448 e. The van der Waals surface area contributed by atoms with E-state index in [2.05, 4.69) is 24.1 Å². The van der Waals surface area contributed by atoms with E-state index in [4.69, 9.17) is 4.42 Å². The van der Waals surface area contributed by atoms with E-state index in [0.29, 0.717) is 24.0 Å². The van der Waals surface area contributed by atoms with Gasteiger partial charge in [0.2, 0.25) is 0 Å². The second-order valence-corrected chi connectivity index (χ2v) is 6.29. The van der Waals surface area contributed by atoms with Crippen molar-refractivity contribution in [1.29, 1.82) is 0 Å². The first-order valence-corrected chi connectivity index (χ1v) is 7.69. The predicted octanol–water partition coefficient (Wildman–Crippen LogP) is 3.94. The van der Waals surface area contributed by atoms with Crippen LogP contribution < -0.4 is 5.32 Å². The summed E-state index contributed by atoms with van der Waals surface area (Å²) in [6.45, 7) is 4.74. The number of carbonyl (C=O) groups excluding carboxylic acids is 1. The van der Waals surface area contributed by atoms with Gasteiger partial charge in [-0.3, -0.25) is 4.79 Å². The van der Waals surface area contributed by atoms with Crippen molar-refractivity contribution in [2.75, 3.05) is 6.54 Å². The molecule has 0 spiro atoms. The zero-order chi connectivity index (χ0) is 14.8. The number of carbonyl (C=O) groups is 1. The topological polar surface area (TPSA) is 55.1 Å². The molecule has 0 fully saturated rings. The molecule has 3 rings (SSSR count). The first kappa shape index (κ1) is 13.8. The fourth-order valence-electron chi connectivity index (χ4n) is 1.94. The standard InChI is InChI=1S/C16H16N2O2S/c1-10(2)9-17-15(19)12-7-8-13(20-12)16-18-11-5-3-4-6-14(11)21-16/h3-8,10H,9H2,1-2H3,(H,17,19). The molecule has 0 radical (unpaired) electrons. The maximum atomic E-state index is 11.9. The van der Waals surface area contributed by atoms with Crippen molar-refractivity contribution in [3.05, 3.63) is 42.2 Å². The smallest absolute Gasteiger partial charge is 0.287 e. The minimum absolute atomic E-state index is 0.184. The molecule has 1 aromatic carbocycles. The molecule has 2 heterocycles. The van der Waals surface area contributed by atoms with Crippen LogP contribution in [0.15, 0.2) is 40.8 Å². The molecule has 2 aromatic heterocycles. The lowest BCUT2D eigenvalue weighted by Crippen LogP contribution is -2.26. The SMILES string of the molecule is CC(C)CNC(=O)c1ccc(-c2nc3ccccc3s2)o1. The van der Waals surface area contributed by atoms with Crippen molar-refractivity contribution >= 4 is 27.5 Å². The fourth-order valence-corrected chi connectivity index (χ4v) is 2.86. The van der Waals surface area contributed by atoms with Crippen molar-refractivity contribution in [1.82, 2.24) is 10.3 Å². The number of amides is 1. The van der Waals surface area contributed by atoms with Crippen molar-refractivity contribution in [2.45, 2.75) is 13.8 Å². The second kappa shape index (κ2) is 5.69. The molecule has 3 aromatic rings. The third kappa shape index (κ3) is 2.97. The number of benzene rings is 1. The molecule has 0 aliphatic heterocycles. The number of fused-ring (bicyclic) bond motifs is 1. The van der Waals surface area contributed by atoms with Gasteiger partial charge >= 0.3 is 0 Å². The van der Waals surface area contributed by atoms with Crippen molar-refractivity contribution < 1.29 is 9.21 Å². The van der Waals surface area contributed by atoms with Crippen molar-refractivity contribution in [3.63, 3.8) is 0 Å². The number of rotatable bonds is 4. The molecule has 0 atom stereocenters. The third-order valence-corrected chi connectivity index (χ3v) is 4.06. The summed E-state index contributed by atoms with van der Waals surface area (Å²) in [6.07, 6.45) is 0. The van der Waals surface area contributed by atoms with Gasteiger partial charge in [-0.1, -0.05) is 26.0 Å². The second-order valence-electron chi connectivity index (χ2n) is 5.25. The molecule has 0 saturated carbocycles. The molecule has 0 bridgehead atoms. The average Bonchev–Trinajstić information content (AvgIpc) is 3.10. The normalized spacial score (nSPS) is 11.2. The van der Waals surface area contributed by atoms with E-state index >= 15 is 0 Å². The van der Waals surface area contributed by atoms with Crippen LogP contribution in [0.5, 0.6) is 0 Å². The highest BCUT2D eigenvalue weighted by atomic mass is 32.1. The Kier molecular flexibility index (Phi) is 3.75.